The number of hydrogen-bond acceptors (Lipinski definition) is 5. The Hall–Kier alpha value is -2.97. The Morgan fingerprint density at radius 2 is 2.00 bits per heavy atom. The van der Waals surface area contributed by atoms with Crippen LogP contribution < -0.4 is 20.3 Å². The van der Waals surface area contributed by atoms with Crippen LogP contribution in [0.4, 0.5) is 14.5 Å². The first-order valence-corrected chi connectivity index (χ1v) is 7.67. The van der Waals surface area contributed by atoms with Gasteiger partial charge in [-0.1, -0.05) is 13.3 Å². The number of unbranched alkanes of at least 4 members (excludes halogenated alkanes) is 1. The Bertz CT molecular complexity index is 867. The van der Waals surface area contributed by atoms with Gasteiger partial charge in [-0.2, -0.15) is 5.10 Å². The first-order chi connectivity index (χ1) is 11.9. The van der Waals surface area contributed by atoms with Crippen molar-refractivity contribution >= 4 is 11.6 Å². The fourth-order valence-electron chi connectivity index (χ4n) is 2.26. The zero-order valence-electron chi connectivity index (χ0n) is 13.3. The second kappa shape index (κ2) is 6.50. The fraction of sp³-hybridized carbons (Fsp3) is 0.312. The maximum absolute atomic E-state index is 13.0. The van der Waals surface area contributed by atoms with Gasteiger partial charge < -0.3 is 14.8 Å². The van der Waals surface area contributed by atoms with Crippen molar-refractivity contribution in [3.8, 4) is 11.5 Å². The molecule has 2 aromatic rings. The van der Waals surface area contributed by atoms with Crippen LogP contribution in [0.3, 0.4) is 0 Å². The summed E-state index contributed by atoms with van der Waals surface area (Å²) in [6.07, 6.45) is -2.08. The number of ether oxygens (including phenoxy) is 2. The molecule has 25 heavy (non-hydrogen) atoms. The number of hydrogen-bond donors (Lipinski definition) is 1. The summed E-state index contributed by atoms with van der Waals surface area (Å²) < 4.78 is 35.9. The van der Waals surface area contributed by atoms with Gasteiger partial charge in [0.2, 0.25) is 0 Å². The molecule has 0 atom stereocenters. The van der Waals surface area contributed by atoms with Crippen LogP contribution in [0.15, 0.2) is 35.1 Å². The predicted molar refractivity (Wildman–Crippen MR) is 84.0 cm³/mol. The number of nitrogens with one attached hydrogen (secondary N) is 1. The number of nitrogens with zero attached hydrogens (tertiary/aromatic N) is 2. The Labute approximate surface area is 141 Å². The molecule has 1 aromatic carbocycles. The Morgan fingerprint density at radius 1 is 1.24 bits per heavy atom. The summed E-state index contributed by atoms with van der Waals surface area (Å²) in [5, 5.41) is 6.54. The minimum atomic E-state index is -3.72. The summed E-state index contributed by atoms with van der Waals surface area (Å²) in [6, 6.07) is 6.45. The van der Waals surface area contributed by atoms with E-state index in [0.717, 1.165) is 12.8 Å². The molecule has 1 aliphatic rings. The monoisotopic (exact) mass is 351 g/mol. The van der Waals surface area contributed by atoms with Crippen LogP contribution in [0.25, 0.3) is 0 Å². The molecule has 0 aliphatic carbocycles. The summed E-state index contributed by atoms with van der Waals surface area (Å²) in [4.78, 5) is 24.0. The van der Waals surface area contributed by atoms with Gasteiger partial charge in [0.1, 0.15) is 5.69 Å². The number of amides is 1. The van der Waals surface area contributed by atoms with E-state index in [-0.39, 0.29) is 28.4 Å². The molecule has 3 rings (SSSR count). The summed E-state index contributed by atoms with van der Waals surface area (Å²) in [7, 11) is 0. The minimum absolute atomic E-state index is 0.0405. The van der Waals surface area contributed by atoms with Crippen molar-refractivity contribution in [3.63, 3.8) is 0 Å². The lowest BCUT2D eigenvalue weighted by atomic mass is 10.2. The van der Waals surface area contributed by atoms with Crippen LogP contribution >= 0.6 is 0 Å². The summed E-state index contributed by atoms with van der Waals surface area (Å²) in [6.45, 7) is 2.39. The number of rotatable bonds is 5. The molecule has 1 aromatic heterocycles. The summed E-state index contributed by atoms with van der Waals surface area (Å²) >= 11 is 0. The summed E-state index contributed by atoms with van der Waals surface area (Å²) in [5.41, 5.74) is -0.0211. The van der Waals surface area contributed by atoms with E-state index in [2.05, 4.69) is 19.9 Å². The SMILES string of the molecule is CCCCn1nc(C(=O)Nc2ccc3c(c2)OC(F)(F)O3)ccc1=O. The molecule has 0 fully saturated rings. The van der Waals surface area contributed by atoms with Crippen molar-refractivity contribution in [2.75, 3.05) is 5.32 Å². The van der Waals surface area contributed by atoms with Crippen LogP contribution in [-0.4, -0.2) is 22.0 Å². The van der Waals surface area contributed by atoms with E-state index >= 15 is 0 Å². The van der Waals surface area contributed by atoms with Crippen molar-refractivity contribution in [3.05, 3.63) is 46.4 Å². The quantitative estimate of drug-likeness (QED) is 0.895. The molecule has 0 radical (unpaired) electrons. The average Bonchev–Trinajstić information content (AvgIpc) is 2.87. The third-order valence-electron chi connectivity index (χ3n) is 3.48. The lowest BCUT2D eigenvalue weighted by molar-refractivity contribution is -0.286. The van der Waals surface area contributed by atoms with Crippen LogP contribution in [0, 0.1) is 0 Å². The number of halogens is 2. The number of benzene rings is 1. The third-order valence-corrected chi connectivity index (χ3v) is 3.48. The maximum Gasteiger partial charge on any atom is 0.586 e. The largest absolute Gasteiger partial charge is 0.586 e. The first kappa shape index (κ1) is 16.9. The molecular weight excluding hydrogens is 336 g/mol. The van der Waals surface area contributed by atoms with Crippen molar-refractivity contribution < 1.29 is 23.0 Å². The molecule has 7 nitrogen and oxygen atoms in total. The number of alkyl halides is 2. The highest BCUT2D eigenvalue weighted by atomic mass is 19.3. The van der Waals surface area contributed by atoms with E-state index in [1.165, 1.54) is 35.0 Å². The molecule has 0 bridgehead atoms. The number of aryl methyl sites for hydroxylation is 1. The third kappa shape index (κ3) is 3.76. The molecule has 1 amide bonds. The van der Waals surface area contributed by atoms with E-state index in [4.69, 9.17) is 0 Å². The lowest BCUT2D eigenvalue weighted by Gasteiger charge is -2.08. The number of carbonyl (C=O) groups excluding carboxylic acids is 1. The molecule has 132 valence electrons. The van der Waals surface area contributed by atoms with E-state index in [1.807, 2.05) is 6.92 Å². The molecule has 0 saturated carbocycles. The molecule has 9 heteroatoms. The van der Waals surface area contributed by atoms with Gasteiger partial charge in [0.15, 0.2) is 11.5 Å². The zero-order chi connectivity index (χ0) is 18.0. The molecule has 1 aliphatic heterocycles. The van der Waals surface area contributed by atoms with Crippen molar-refractivity contribution in [1.29, 1.82) is 0 Å². The normalized spacial score (nSPS) is 14.4. The fourth-order valence-corrected chi connectivity index (χ4v) is 2.26. The topological polar surface area (TPSA) is 82.5 Å². The maximum atomic E-state index is 13.0. The zero-order valence-corrected chi connectivity index (χ0v) is 13.3. The first-order valence-electron chi connectivity index (χ1n) is 7.67. The molecule has 1 N–H and O–H groups in total. The number of carbonyl (C=O) groups is 1. The van der Waals surface area contributed by atoms with Gasteiger partial charge in [-0.25, -0.2) is 4.68 Å². The van der Waals surface area contributed by atoms with Crippen molar-refractivity contribution in [1.82, 2.24) is 9.78 Å². The standard InChI is InChI=1S/C16H15F2N3O4/c1-2-3-8-21-14(22)7-5-11(20-21)15(23)19-10-4-6-12-13(9-10)25-16(17,18)24-12/h4-7,9H,2-3,8H2,1H3,(H,19,23). The number of anilines is 1. The van der Waals surface area contributed by atoms with Crippen molar-refractivity contribution in [2.24, 2.45) is 0 Å². The Kier molecular flexibility index (Phi) is 4.39. The van der Waals surface area contributed by atoms with Gasteiger partial charge in [0.25, 0.3) is 11.5 Å². The molecular formula is C16H15F2N3O4. The van der Waals surface area contributed by atoms with Gasteiger partial charge in [-0.15, -0.1) is 8.78 Å². The van der Waals surface area contributed by atoms with Gasteiger partial charge in [-0.3, -0.25) is 9.59 Å². The highest BCUT2D eigenvalue weighted by Crippen LogP contribution is 2.42. The predicted octanol–water partition coefficient (Wildman–Crippen LogP) is 2.62. The van der Waals surface area contributed by atoms with Gasteiger partial charge in [0, 0.05) is 24.4 Å². The molecule has 0 unspecified atom stereocenters. The molecule has 0 spiro atoms. The Balaban J connectivity index is 1.76. The molecule has 0 saturated heterocycles. The van der Waals surface area contributed by atoms with Crippen molar-refractivity contribution in [2.45, 2.75) is 32.6 Å². The smallest absolute Gasteiger partial charge is 0.395 e. The second-order valence-electron chi connectivity index (χ2n) is 5.42. The minimum Gasteiger partial charge on any atom is -0.395 e. The van der Waals surface area contributed by atoms with Gasteiger partial charge >= 0.3 is 6.29 Å². The van der Waals surface area contributed by atoms with E-state index < -0.39 is 12.2 Å². The van der Waals surface area contributed by atoms with Crippen LogP contribution in [0.1, 0.15) is 30.3 Å². The van der Waals surface area contributed by atoms with E-state index in [1.54, 1.807) is 0 Å². The van der Waals surface area contributed by atoms with Gasteiger partial charge in [-0.05, 0) is 24.6 Å². The van der Waals surface area contributed by atoms with Crippen LogP contribution in [0.5, 0.6) is 11.5 Å². The van der Waals surface area contributed by atoms with Gasteiger partial charge in [0.05, 0.1) is 0 Å². The lowest BCUT2D eigenvalue weighted by Crippen LogP contribution is -2.26. The highest BCUT2D eigenvalue weighted by molar-refractivity contribution is 6.02. The van der Waals surface area contributed by atoms with E-state index in [9.17, 15) is 18.4 Å². The Morgan fingerprint density at radius 3 is 2.76 bits per heavy atom. The summed E-state index contributed by atoms with van der Waals surface area (Å²) in [5.74, 6) is -0.867. The average molecular weight is 351 g/mol. The van der Waals surface area contributed by atoms with Crippen LogP contribution in [0.2, 0.25) is 0 Å². The highest BCUT2D eigenvalue weighted by Gasteiger charge is 2.43. The number of fused-ring (bicyclic) bond motifs is 1. The number of aromatic nitrogens is 2. The van der Waals surface area contributed by atoms with Crippen LogP contribution in [-0.2, 0) is 6.54 Å². The second-order valence-corrected chi connectivity index (χ2v) is 5.42. The molecule has 2 heterocycles. The van der Waals surface area contributed by atoms with E-state index in [0.29, 0.717) is 6.54 Å².